The lowest BCUT2D eigenvalue weighted by atomic mass is 9.92. The summed E-state index contributed by atoms with van der Waals surface area (Å²) in [7, 11) is 3.20. The van der Waals surface area contributed by atoms with Crippen molar-refractivity contribution in [1.82, 2.24) is 20.0 Å². The normalized spacial score (nSPS) is 11.7. The van der Waals surface area contributed by atoms with Crippen molar-refractivity contribution in [1.29, 1.82) is 0 Å². The number of rotatable bonds is 5. The molecule has 0 unspecified atom stereocenters. The summed E-state index contributed by atoms with van der Waals surface area (Å²) in [5, 5.41) is 10.4. The topological polar surface area (TPSA) is 88.5 Å². The van der Waals surface area contributed by atoms with Crippen molar-refractivity contribution in [3.8, 4) is 11.4 Å². The third-order valence-electron chi connectivity index (χ3n) is 4.27. The Bertz CT molecular complexity index is 889. The van der Waals surface area contributed by atoms with Gasteiger partial charge in [0.2, 0.25) is 5.91 Å². The molecular formula is C22H33N5O3. The Morgan fingerprint density at radius 3 is 2.20 bits per heavy atom. The predicted octanol–water partition coefficient (Wildman–Crippen LogP) is 3.56. The van der Waals surface area contributed by atoms with E-state index in [1.165, 1.54) is 4.90 Å². The molecule has 0 bridgehead atoms. The van der Waals surface area contributed by atoms with Crippen LogP contribution in [0.25, 0.3) is 5.69 Å². The third-order valence-corrected chi connectivity index (χ3v) is 4.27. The van der Waals surface area contributed by atoms with E-state index in [0.717, 1.165) is 17.1 Å². The molecule has 2 rings (SSSR count). The maximum Gasteiger partial charge on any atom is 0.318 e. The lowest BCUT2D eigenvalue weighted by Crippen LogP contribution is -2.48. The Morgan fingerprint density at radius 1 is 1.10 bits per heavy atom. The van der Waals surface area contributed by atoms with Gasteiger partial charge in [0.1, 0.15) is 18.1 Å². The van der Waals surface area contributed by atoms with E-state index in [0.29, 0.717) is 5.82 Å². The van der Waals surface area contributed by atoms with Crippen molar-refractivity contribution in [2.24, 2.45) is 0 Å². The van der Waals surface area contributed by atoms with Crippen molar-refractivity contribution in [2.45, 2.75) is 52.5 Å². The average Bonchev–Trinajstić information content (AvgIpc) is 3.04. The van der Waals surface area contributed by atoms with Gasteiger partial charge in [0.25, 0.3) is 0 Å². The summed E-state index contributed by atoms with van der Waals surface area (Å²) in [6.07, 6.45) is 0. The van der Waals surface area contributed by atoms with Gasteiger partial charge in [0.05, 0.1) is 18.5 Å². The fourth-order valence-corrected chi connectivity index (χ4v) is 2.64. The van der Waals surface area contributed by atoms with Crippen LogP contribution in [0.15, 0.2) is 30.3 Å². The molecule has 0 radical (unpaired) electrons. The van der Waals surface area contributed by atoms with Crippen molar-refractivity contribution < 1.29 is 14.3 Å². The fraction of sp³-hybridized carbons (Fsp3) is 0.500. The van der Waals surface area contributed by atoms with Crippen LogP contribution in [0.2, 0.25) is 0 Å². The zero-order chi connectivity index (χ0) is 22.7. The number of nitrogens with zero attached hydrogens (tertiary/aromatic N) is 3. The molecule has 30 heavy (non-hydrogen) atoms. The van der Waals surface area contributed by atoms with Crippen LogP contribution in [0.3, 0.4) is 0 Å². The van der Waals surface area contributed by atoms with Crippen LogP contribution in [0, 0.1) is 0 Å². The Morgan fingerprint density at radius 2 is 1.70 bits per heavy atom. The number of carbonyl (C=O) groups excluding carboxylic acids is 2. The average molecular weight is 416 g/mol. The standard InChI is InChI=1S/C22H33N5O3/c1-21(2,3)17-13-18(27(25-17)15-9-11-16(30-8)12-10-15)23-19(28)14-26(7)20(29)24-22(4,5)6/h9-13H,14H2,1-8H3,(H,23,28)(H,24,29). The van der Waals surface area contributed by atoms with Gasteiger partial charge in [-0.3, -0.25) is 4.79 Å². The molecule has 8 nitrogen and oxygen atoms in total. The molecule has 0 aliphatic heterocycles. The number of carbonyl (C=O) groups is 2. The van der Waals surface area contributed by atoms with Crippen molar-refractivity contribution in [3.05, 3.63) is 36.0 Å². The first kappa shape index (κ1) is 23.3. The molecule has 1 aromatic carbocycles. The van der Waals surface area contributed by atoms with E-state index in [4.69, 9.17) is 9.84 Å². The zero-order valence-corrected chi connectivity index (χ0v) is 19.2. The minimum Gasteiger partial charge on any atom is -0.497 e. The molecule has 164 valence electrons. The van der Waals surface area contributed by atoms with Gasteiger partial charge in [-0.15, -0.1) is 0 Å². The van der Waals surface area contributed by atoms with E-state index >= 15 is 0 Å². The van der Waals surface area contributed by atoms with Crippen LogP contribution in [0.5, 0.6) is 5.75 Å². The Kier molecular flexibility index (Phi) is 6.80. The van der Waals surface area contributed by atoms with Crippen LogP contribution in [0.4, 0.5) is 10.6 Å². The first-order chi connectivity index (χ1) is 13.8. The minimum absolute atomic E-state index is 0.0828. The van der Waals surface area contributed by atoms with Gasteiger partial charge in [0, 0.05) is 24.1 Å². The summed E-state index contributed by atoms with van der Waals surface area (Å²) in [6, 6.07) is 8.97. The quantitative estimate of drug-likeness (QED) is 0.782. The van der Waals surface area contributed by atoms with Crippen LogP contribution < -0.4 is 15.4 Å². The minimum atomic E-state index is -0.379. The molecule has 0 fully saturated rings. The summed E-state index contributed by atoms with van der Waals surface area (Å²) >= 11 is 0. The Labute approximate surface area is 178 Å². The number of likely N-dealkylation sites (N-methyl/N-ethyl adjacent to an activating group) is 1. The number of ether oxygens (including phenoxy) is 1. The molecule has 2 N–H and O–H groups in total. The van der Waals surface area contributed by atoms with E-state index in [-0.39, 0.29) is 29.4 Å². The van der Waals surface area contributed by atoms with E-state index < -0.39 is 0 Å². The van der Waals surface area contributed by atoms with Crippen LogP contribution in [-0.4, -0.2) is 52.9 Å². The highest BCUT2D eigenvalue weighted by molar-refractivity contribution is 5.94. The number of aromatic nitrogens is 2. The van der Waals surface area contributed by atoms with Gasteiger partial charge in [-0.25, -0.2) is 9.48 Å². The number of hydrogen-bond acceptors (Lipinski definition) is 4. The second-order valence-corrected chi connectivity index (χ2v) is 9.36. The summed E-state index contributed by atoms with van der Waals surface area (Å²) in [4.78, 5) is 26.2. The molecule has 8 heteroatoms. The molecule has 1 aromatic heterocycles. The Hall–Kier alpha value is -3.03. The second kappa shape index (κ2) is 8.77. The molecular weight excluding hydrogens is 382 g/mol. The second-order valence-electron chi connectivity index (χ2n) is 9.36. The lowest BCUT2D eigenvalue weighted by molar-refractivity contribution is -0.116. The van der Waals surface area contributed by atoms with Crippen molar-refractivity contribution >= 4 is 17.8 Å². The summed E-state index contributed by atoms with van der Waals surface area (Å²) in [5.41, 5.74) is 1.06. The highest BCUT2D eigenvalue weighted by Gasteiger charge is 2.23. The summed E-state index contributed by atoms with van der Waals surface area (Å²) in [6.45, 7) is 11.8. The van der Waals surface area contributed by atoms with Crippen LogP contribution >= 0.6 is 0 Å². The van der Waals surface area contributed by atoms with Crippen molar-refractivity contribution in [2.75, 3.05) is 26.0 Å². The van der Waals surface area contributed by atoms with Gasteiger partial charge >= 0.3 is 6.03 Å². The van der Waals surface area contributed by atoms with Gasteiger partial charge in [-0.2, -0.15) is 5.10 Å². The number of benzene rings is 1. The number of methoxy groups -OCH3 is 1. The largest absolute Gasteiger partial charge is 0.497 e. The van der Waals surface area contributed by atoms with Crippen LogP contribution in [0.1, 0.15) is 47.2 Å². The third kappa shape index (κ3) is 6.23. The molecule has 0 atom stereocenters. The number of hydrogen-bond donors (Lipinski definition) is 2. The van der Waals surface area contributed by atoms with E-state index in [2.05, 4.69) is 31.4 Å². The fourth-order valence-electron chi connectivity index (χ4n) is 2.64. The maximum atomic E-state index is 12.6. The van der Waals surface area contributed by atoms with Gasteiger partial charge < -0.3 is 20.3 Å². The first-order valence-corrected chi connectivity index (χ1v) is 9.88. The first-order valence-electron chi connectivity index (χ1n) is 9.88. The molecule has 0 saturated carbocycles. The van der Waals surface area contributed by atoms with Crippen LogP contribution in [-0.2, 0) is 10.2 Å². The number of amides is 3. The van der Waals surface area contributed by atoms with Gasteiger partial charge in [-0.1, -0.05) is 20.8 Å². The molecule has 0 spiro atoms. The Balaban J connectivity index is 2.23. The summed E-state index contributed by atoms with van der Waals surface area (Å²) < 4.78 is 6.90. The molecule has 1 heterocycles. The molecule has 0 aliphatic rings. The van der Waals surface area contributed by atoms with E-state index in [1.807, 2.05) is 51.1 Å². The summed E-state index contributed by atoms with van der Waals surface area (Å²) in [5.74, 6) is 0.968. The monoisotopic (exact) mass is 415 g/mol. The van der Waals surface area contributed by atoms with Gasteiger partial charge in [-0.05, 0) is 45.0 Å². The molecule has 0 saturated heterocycles. The number of urea groups is 1. The van der Waals surface area contributed by atoms with E-state index in [9.17, 15) is 9.59 Å². The smallest absolute Gasteiger partial charge is 0.318 e. The van der Waals surface area contributed by atoms with E-state index in [1.54, 1.807) is 18.8 Å². The highest BCUT2D eigenvalue weighted by atomic mass is 16.5. The molecule has 2 aromatic rings. The number of anilines is 1. The van der Waals surface area contributed by atoms with Crippen molar-refractivity contribution in [3.63, 3.8) is 0 Å². The predicted molar refractivity (Wildman–Crippen MR) is 118 cm³/mol. The lowest BCUT2D eigenvalue weighted by Gasteiger charge is -2.25. The van der Waals surface area contributed by atoms with Gasteiger partial charge in [0.15, 0.2) is 0 Å². The SMILES string of the molecule is COc1ccc(-n2nc(C(C)(C)C)cc2NC(=O)CN(C)C(=O)NC(C)(C)C)cc1. The molecule has 0 aliphatic carbocycles. The number of nitrogens with one attached hydrogen (secondary N) is 2. The molecule has 3 amide bonds. The zero-order valence-electron chi connectivity index (χ0n) is 19.2. The maximum absolute atomic E-state index is 12.6. The highest BCUT2D eigenvalue weighted by Crippen LogP contribution is 2.27.